The Labute approximate surface area is 72.0 Å². The van der Waals surface area contributed by atoms with Crippen molar-refractivity contribution in [2.75, 3.05) is 0 Å². The standard InChI is InChI=1S/C7H5FIO/c8-6-1-2-7(9)5(3-6)4-10/h1-4,10H. The molecule has 1 rings (SSSR count). The molecule has 3 heteroatoms. The molecule has 1 aromatic carbocycles. The highest BCUT2D eigenvalue weighted by atomic mass is 127. The van der Waals surface area contributed by atoms with Crippen LogP contribution >= 0.6 is 22.6 Å². The van der Waals surface area contributed by atoms with Gasteiger partial charge in [-0.2, -0.15) is 0 Å². The molecule has 0 aliphatic heterocycles. The van der Waals surface area contributed by atoms with Crippen molar-refractivity contribution in [2.45, 2.75) is 0 Å². The van der Waals surface area contributed by atoms with Gasteiger partial charge in [0.05, 0.1) is 0 Å². The minimum Gasteiger partial charge on any atom is -0.385 e. The molecular formula is C7H5FIO. The van der Waals surface area contributed by atoms with Crippen molar-refractivity contribution >= 4 is 22.6 Å². The minimum absolute atomic E-state index is 0.333. The molecule has 1 N–H and O–H groups in total. The van der Waals surface area contributed by atoms with Crippen LogP contribution in [-0.2, 0) is 0 Å². The molecule has 0 unspecified atom stereocenters. The number of hydrogen-bond donors (Lipinski definition) is 1. The van der Waals surface area contributed by atoms with E-state index < -0.39 is 0 Å². The first-order valence-electron chi connectivity index (χ1n) is 2.66. The van der Waals surface area contributed by atoms with Crippen molar-refractivity contribution < 1.29 is 9.50 Å². The Morgan fingerprint density at radius 1 is 1.50 bits per heavy atom. The molecule has 1 aromatic rings. The van der Waals surface area contributed by atoms with Crippen LogP contribution in [0.5, 0.6) is 0 Å². The van der Waals surface area contributed by atoms with Gasteiger partial charge in [0.15, 0.2) is 0 Å². The summed E-state index contributed by atoms with van der Waals surface area (Å²) in [6, 6.07) is 4.24. The summed E-state index contributed by atoms with van der Waals surface area (Å²) in [5.41, 5.74) is 0.514. The number of aliphatic hydroxyl groups excluding tert-OH is 1. The van der Waals surface area contributed by atoms with Crippen LogP contribution in [0.3, 0.4) is 0 Å². The number of halogens is 2. The molecular weight excluding hydrogens is 246 g/mol. The first-order chi connectivity index (χ1) is 4.74. The lowest BCUT2D eigenvalue weighted by Gasteiger charge is -1.97. The van der Waals surface area contributed by atoms with Crippen LogP contribution in [0.25, 0.3) is 0 Å². The highest BCUT2D eigenvalue weighted by molar-refractivity contribution is 14.1. The van der Waals surface area contributed by atoms with Gasteiger partial charge in [0, 0.05) is 3.57 Å². The SMILES string of the molecule is O[CH]c1cc(F)ccc1I. The van der Waals surface area contributed by atoms with E-state index in [1.54, 1.807) is 6.07 Å². The third-order valence-corrected chi connectivity index (χ3v) is 2.08. The molecule has 0 saturated heterocycles. The van der Waals surface area contributed by atoms with Gasteiger partial charge in [0.2, 0.25) is 0 Å². The second kappa shape index (κ2) is 3.30. The number of aliphatic hydroxyl groups is 1. The maximum atomic E-state index is 12.4. The van der Waals surface area contributed by atoms with Crippen LogP contribution < -0.4 is 0 Å². The zero-order valence-corrected chi connectivity index (χ0v) is 7.17. The van der Waals surface area contributed by atoms with E-state index in [1.807, 2.05) is 22.6 Å². The topological polar surface area (TPSA) is 20.2 Å². The van der Waals surface area contributed by atoms with Gasteiger partial charge in [0.1, 0.15) is 12.4 Å². The smallest absolute Gasteiger partial charge is 0.123 e. The monoisotopic (exact) mass is 251 g/mol. The van der Waals surface area contributed by atoms with E-state index in [-0.39, 0.29) is 5.82 Å². The van der Waals surface area contributed by atoms with E-state index in [2.05, 4.69) is 0 Å². The summed E-state index contributed by atoms with van der Waals surface area (Å²) in [6.07, 6.45) is 0. The molecule has 0 amide bonds. The average Bonchev–Trinajstić information content (AvgIpc) is 1.94. The van der Waals surface area contributed by atoms with E-state index in [1.165, 1.54) is 12.1 Å². The van der Waals surface area contributed by atoms with Gasteiger partial charge in [-0.05, 0) is 46.4 Å². The molecule has 0 aliphatic rings. The summed E-state index contributed by atoms with van der Waals surface area (Å²) in [4.78, 5) is 0. The van der Waals surface area contributed by atoms with E-state index in [4.69, 9.17) is 5.11 Å². The molecule has 10 heavy (non-hydrogen) atoms. The van der Waals surface area contributed by atoms with Crippen LogP contribution in [0.2, 0.25) is 0 Å². The number of benzene rings is 1. The fourth-order valence-electron chi connectivity index (χ4n) is 0.614. The summed E-state index contributed by atoms with van der Waals surface area (Å²) in [6.45, 7) is 0.894. The van der Waals surface area contributed by atoms with Crippen molar-refractivity contribution in [3.8, 4) is 0 Å². The number of hydrogen-bond acceptors (Lipinski definition) is 1. The first-order valence-corrected chi connectivity index (χ1v) is 3.74. The van der Waals surface area contributed by atoms with Gasteiger partial charge < -0.3 is 5.11 Å². The maximum Gasteiger partial charge on any atom is 0.123 e. The van der Waals surface area contributed by atoms with Crippen LogP contribution in [0.1, 0.15) is 5.56 Å². The Balaban J connectivity index is 3.09. The predicted molar refractivity (Wildman–Crippen MR) is 44.5 cm³/mol. The van der Waals surface area contributed by atoms with Crippen LogP contribution in [0, 0.1) is 16.0 Å². The molecule has 0 bridgehead atoms. The summed E-state index contributed by atoms with van der Waals surface area (Å²) < 4.78 is 13.2. The Kier molecular flexibility index (Phi) is 2.62. The second-order valence-corrected chi connectivity index (χ2v) is 2.96. The van der Waals surface area contributed by atoms with Gasteiger partial charge in [-0.15, -0.1) is 0 Å². The van der Waals surface area contributed by atoms with Crippen molar-refractivity contribution in [3.63, 3.8) is 0 Å². The third-order valence-electron chi connectivity index (χ3n) is 1.10. The Morgan fingerprint density at radius 2 is 2.20 bits per heavy atom. The van der Waals surface area contributed by atoms with E-state index in [0.29, 0.717) is 5.56 Å². The normalized spacial score (nSPS) is 9.90. The van der Waals surface area contributed by atoms with Crippen molar-refractivity contribution in [1.82, 2.24) is 0 Å². The zero-order chi connectivity index (χ0) is 7.56. The highest BCUT2D eigenvalue weighted by Crippen LogP contribution is 2.13. The van der Waals surface area contributed by atoms with E-state index in [0.717, 1.165) is 10.2 Å². The van der Waals surface area contributed by atoms with Crippen LogP contribution in [-0.4, -0.2) is 5.11 Å². The van der Waals surface area contributed by atoms with Gasteiger partial charge in [-0.1, -0.05) is 0 Å². The summed E-state index contributed by atoms with van der Waals surface area (Å²) in [5, 5.41) is 8.55. The molecule has 1 nitrogen and oxygen atoms in total. The lowest BCUT2D eigenvalue weighted by atomic mass is 10.2. The van der Waals surface area contributed by atoms with Gasteiger partial charge >= 0.3 is 0 Å². The zero-order valence-electron chi connectivity index (χ0n) is 5.01. The van der Waals surface area contributed by atoms with Crippen molar-refractivity contribution in [3.05, 3.63) is 39.8 Å². The van der Waals surface area contributed by atoms with Crippen molar-refractivity contribution in [2.24, 2.45) is 0 Å². The van der Waals surface area contributed by atoms with E-state index >= 15 is 0 Å². The molecule has 0 spiro atoms. The quantitative estimate of drug-likeness (QED) is 0.759. The Morgan fingerprint density at radius 3 is 2.70 bits per heavy atom. The lowest BCUT2D eigenvalue weighted by Crippen LogP contribution is -1.86. The van der Waals surface area contributed by atoms with Crippen LogP contribution in [0.4, 0.5) is 4.39 Å². The molecule has 0 aromatic heterocycles. The average molecular weight is 251 g/mol. The third kappa shape index (κ3) is 1.67. The van der Waals surface area contributed by atoms with Gasteiger partial charge in [-0.25, -0.2) is 4.39 Å². The highest BCUT2D eigenvalue weighted by Gasteiger charge is 1.98. The lowest BCUT2D eigenvalue weighted by molar-refractivity contribution is 0.413. The summed E-state index contributed by atoms with van der Waals surface area (Å²) >= 11 is 2.02. The molecule has 1 radical (unpaired) electrons. The Hall–Kier alpha value is -0.160. The van der Waals surface area contributed by atoms with Gasteiger partial charge in [0.25, 0.3) is 0 Å². The molecule has 53 valence electrons. The molecule has 0 fully saturated rings. The first kappa shape index (κ1) is 7.94. The summed E-state index contributed by atoms with van der Waals surface area (Å²) in [7, 11) is 0. The number of rotatable bonds is 1. The van der Waals surface area contributed by atoms with Crippen LogP contribution in [0.15, 0.2) is 18.2 Å². The Bertz CT molecular complexity index is 237. The molecule has 0 heterocycles. The minimum atomic E-state index is -0.333. The predicted octanol–water partition coefficient (Wildman–Crippen LogP) is 2.31. The van der Waals surface area contributed by atoms with Gasteiger partial charge in [-0.3, -0.25) is 0 Å². The largest absolute Gasteiger partial charge is 0.385 e. The molecule has 0 atom stereocenters. The van der Waals surface area contributed by atoms with Crippen molar-refractivity contribution in [1.29, 1.82) is 0 Å². The summed E-state index contributed by atoms with van der Waals surface area (Å²) in [5.74, 6) is -0.333. The maximum absolute atomic E-state index is 12.4. The molecule has 0 aliphatic carbocycles. The molecule has 0 saturated carbocycles. The second-order valence-electron chi connectivity index (χ2n) is 1.79. The fourth-order valence-corrected chi connectivity index (χ4v) is 1.09. The van der Waals surface area contributed by atoms with E-state index in [9.17, 15) is 4.39 Å². The fraction of sp³-hybridized carbons (Fsp3) is 0.